The van der Waals surface area contributed by atoms with E-state index >= 15 is 0 Å². The lowest BCUT2D eigenvalue weighted by Crippen LogP contribution is -2.43. The Morgan fingerprint density at radius 2 is 2.25 bits per heavy atom. The summed E-state index contributed by atoms with van der Waals surface area (Å²) in [7, 11) is 1.64. The third-order valence-electron chi connectivity index (χ3n) is 1.81. The fraction of sp³-hybridized carbons (Fsp3) is 0.875. The first-order valence-electron chi connectivity index (χ1n) is 4.17. The highest BCUT2D eigenvalue weighted by molar-refractivity contribution is 5.79. The number of methoxy groups -OCH3 is 1. The molecule has 0 rings (SSSR count). The minimum Gasteiger partial charge on any atom is -0.380 e. The first-order valence-corrected chi connectivity index (χ1v) is 4.17. The van der Waals surface area contributed by atoms with E-state index in [0.29, 0.717) is 13.0 Å². The van der Waals surface area contributed by atoms with Crippen molar-refractivity contribution in [1.82, 2.24) is 5.32 Å². The van der Waals surface area contributed by atoms with Crippen LogP contribution >= 0.6 is 0 Å². The van der Waals surface area contributed by atoms with Crippen LogP contribution in [-0.4, -0.2) is 31.7 Å². The molecule has 12 heavy (non-hydrogen) atoms. The molecule has 2 unspecified atom stereocenters. The largest absolute Gasteiger partial charge is 0.380 e. The fourth-order valence-corrected chi connectivity index (χ4v) is 0.838. The predicted molar refractivity (Wildman–Crippen MR) is 47.7 cm³/mol. The van der Waals surface area contributed by atoms with Crippen LogP contribution < -0.4 is 11.1 Å². The fourth-order valence-electron chi connectivity index (χ4n) is 0.838. The van der Waals surface area contributed by atoms with Gasteiger partial charge in [0, 0.05) is 13.7 Å². The van der Waals surface area contributed by atoms with Gasteiger partial charge in [0.25, 0.3) is 0 Å². The first-order chi connectivity index (χ1) is 5.61. The Bertz CT molecular complexity index is 139. The second-order valence-electron chi connectivity index (χ2n) is 2.82. The van der Waals surface area contributed by atoms with E-state index in [2.05, 4.69) is 5.32 Å². The van der Waals surface area contributed by atoms with E-state index in [1.807, 2.05) is 13.8 Å². The SMILES string of the molecule is CCC(NCC(C)OC)C(N)=O. The Morgan fingerprint density at radius 3 is 2.58 bits per heavy atom. The Labute approximate surface area is 73.5 Å². The van der Waals surface area contributed by atoms with Gasteiger partial charge >= 0.3 is 0 Å². The molecule has 0 fully saturated rings. The van der Waals surface area contributed by atoms with Crippen molar-refractivity contribution in [3.63, 3.8) is 0 Å². The first kappa shape index (κ1) is 11.4. The summed E-state index contributed by atoms with van der Waals surface area (Å²) in [6, 6.07) is -0.234. The molecule has 0 aromatic carbocycles. The molecule has 1 amide bonds. The maximum Gasteiger partial charge on any atom is 0.234 e. The van der Waals surface area contributed by atoms with Gasteiger partial charge in [0.2, 0.25) is 5.91 Å². The average Bonchev–Trinajstić information content (AvgIpc) is 2.04. The smallest absolute Gasteiger partial charge is 0.234 e. The van der Waals surface area contributed by atoms with E-state index in [9.17, 15) is 4.79 Å². The average molecular weight is 174 g/mol. The molecule has 0 aromatic heterocycles. The zero-order valence-corrected chi connectivity index (χ0v) is 7.96. The molecule has 0 spiro atoms. The van der Waals surface area contributed by atoms with E-state index in [-0.39, 0.29) is 18.1 Å². The van der Waals surface area contributed by atoms with Gasteiger partial charge in [0.1, 0.15) is 0 Å². The van der Waals surface area contributed by atoms with Crippen molar-refractivity contribution in [3.05, 3.63) is 0 Å². The summed E-state index contributed by atoms with van der Waals surface area (Å²) in [4.78, 5) is 10.8. The van der Waals surface area contributed by atoms with Crippen LogP contribution in [0.5, 0.6) is 0 Å². The number of primary amides is 1. The van der Waals surface area contributed by atoms with Crippen LogP contribution in [0, 0.1) is 0 Å². The molecule has 0 bridgehead atoms. The molecular weight excluding hydrogens is 156 g/mol. The molecule has 3 N–H and O–H groups in total. The van der Waals surface area contributed by atoms with E-state index in [0.717, 1.165) is 0 Å². The molecule has 0 aliphatic rings. The summed E-state index contributed by atoms with van der Waals surface area (Å²) >= 11 is 0. The molecule has 0 saturated heterocycles. The topological polar surface area (TPSA) is 64.3 Å². The summed E-state index contributed by atoms with van der Waals surface area (Å²) in [5.41, 5.74) is 5.13. The normalized spacial score (nSPS) is 15.6. The van der Waals surface area contributed by atoms with Crippen molar-refractivity contribution >= 4 is 5.91 Å². The van der Waals surface area contributed by atoms with E-state index in [1.165, 1.54) is 0 Å². The van der Waals surface area contributed by atoms with Crippen LogP contribution in [0.3, 0.4) is 0 Å². The molecule has 4 heteroatoms. The van der Waals surface area contributed by atoms with E-state index in [1.54, 1.807) is 7.11 Å². The summed E-state index contributed by atoms with van der Waals surface area (Å²) in [5.74, 6) is -0.305. The summed E-state index contributed by atoms with van der Waals surface area (Å²) in [5, 5.41) is 3.02. The number of carbonyl (C=O) groups excluding carboxylic acids is 1. The summed E-state index contributed by atoms with van der Waals surface area (Å²) < 4.78 is 5.01. The van der Waals surface area contributed by atoms with E-state index in [4.69, 9.17) is 10.5 Å². The number of ether oxygens (including phenoxy) is 1. The lowest BCUT2D eigenvalue weighted by atomic mass is 10.2. The van der Waals surface area contributed by atoms with Crippen molar-refractivity contribution in [2.45, 2.75) is 32.4 Å². The zero-order chi connectivity index (χ0) is 9.56. The van der Waals surface area contributed by atoms with Crippen molar-refractivity contribution in [2.75, 3.05) is 13.7 Å². The van der Waals surface area contributed by atoms with Crippen molar-refractivity contribution in [2.24, 2.45) is 5.73 Å². The molecule has 2 atom stereocenters. The van der Waals surface area contributed by atoms with Gasteiger partial charge in [0.05, 0.1) is 12.1 Å². The van der Waals surface area contributed by atoms with Gasteiger partial charge in [-0.15, -0.1) is 0 Å². The lowest BCUT2D eigenvalue weighted by Gasteiger charge is -2.16. The second-order valence-corrected chi connectivity index (χ2v) is 2.82. The molecule has 0 aliphatic carbocycles. The third-order valence-corrected chi connectivity index (χ3v) is 1.81. The second kappa shape index (κ2) is 5.97. The molecule has 0 saturated carbocycles. The van der Waals surface area contributed by atoms with Gasteiger partial charge in [-0.25, -0.2) is 0 Å². The van der Waals surface area contributed by atoms with Crippen LogP contribution in [-0.2, 0) is 9.53 Å². The zero-order valence-electron chi connectivity index (χ0n) is 7.96. The summed E-state index contributed by atoms with van der Waals surface area (Å²) in [6.07, 6.45) is 0.824. The molecule has 72 valence electrons. The molecule has 0 aliphatic heterocycles. The van der Waals surface area contributed by atoms with Gasteiger partial charge in [-0.2, -0.15) is 0 Å². The molecular formula is C8H18N2O2. The predicted octanol–water partition coefficient (Wildman–Crippen LogP) is -0.125. The van der Waals surface area contributed by atoms with Crippen molar-refractivity contribution in [3.8, 4) is 0 Å². The number of hydrogen-bond acceptors (Lipinski definition) is 3. The van der Waals surface area contributed by atoms with Crippen molar-refractivity contribution < 1.29 is 9.53 Å². The number of nitrogens with one attached hydrogen (secondary N) is 1. The molecule has 0 heterocycles. The monoisotopic (exact) mass is 174 g/mol. The Morgan fingerprint density at radius 1 is 1.67 bits per heavy atom. The van der Waals surface area contributed by atoms with Gasteiger partial charge in [-0.05, 0) is 13.3 Å². The van der Waals surface area contributed by atoms with Crippen LogP contribution in [0.4, 0.5) is 0 Å². The van der Waals surface area contributed by atoms with Crippen LogP contribution in [0.25, 0.3) is 0 Å². The highest BCUT2D eigenvalue weighted by atomic mass is 16.5. The Balaban J connectivity index is 3.65. The highest BCUT2D eigenvalue weighted by Gasteiger charge is 2.12. The van der Waals surface area contributed by atoms with Gasteiger partial charge < -0.3 is 15.8 Å². The van der Waals surface area contributed by atoms with Crippen LogP contribution in [0.1, 0.15) is 20.3 Å². The minimum absolute atomic E-state index is 0.110. The lowest BCUT2D eigenvalue weighted by molar-refractivity contribution is -0.120. The highest BCUT2D eigenvalue weighted by Crippen LogP contribution is 1.91. The van der Waals surface area contributed by atoms with E-state index < -0.39 is 0 Å². The number of nitrogens with two attached hydrogens (primary N) is 1. The number of amides is 1. The van der Waals surface area contributed by atoms with Gasteiger partial charge in [-0.3, -0.25) is 4.79 Å². The van der Waals surface area contributed by atoms with Gasteiger partial charge in [-0.1, -0.05) is 6.92 Å². The van der Waals surface area contributed by atoms with Gasteiger partial charge in [0.15, 0.2) is 0 Å². The third kappa shape index (κ3) is 4.31. The van der Waals surface area contributed by atoms with Crippen LogP contribution in [0.15, 0.2) is 0 Å². The number of rotatable bonds is 6. The molecule has 0 radical (unpaired) electrons. The number of carbonyl (C=O) groups is 1. The van der Waals surface area contributed by atoms with Crippen molar-refractivity contribution in [1.29, 1.82) is 0 Å². The molecule has 0 aromatic rings. The maximum atomic E-state index is 10.8. The Kier molecular flexibility index (Phi) is 5.66. The minimum atomic E-state index is -0.305. The maximum absolute atomic E-state index is 10.8. The summed E-state index contributed by atoms with van der Waals surface area (Å²) in [6.45, 7) is 4.50. The Hall–Kier alpha value is -0.610. The quantitative estimate of drug-likeness (QED) is 0.590. The number of hydrogen-bond donors (Lipinski definition) is 2. The van der Waals surface area contributed by atoms with Crippen LogP contribution in [0.2, 0.25) is 0 Å². The standard InChI is InChI=1S/C8H18N2O2/c1-4-7(8(9)11)10-5-6(2)12-3/h6-7,10H,4-5H2,1-3H3,(H2,9,11). The molecule has 4 nitrogen and oxygen atoms in total.